The predicted octanol–water partition coefficient (Wildman–Crippen LogP) is 5.65. The van der Waals surface area contributed by atoms with Crippen LogP contribution in [0.1, 0.15) is 31.4 Å². The van der Waals surface area contributed by atoms with Crippen LogP contribution in [0.3, 0.4) is 0 Å². The molecule has 1 aromatic carbocycles. The van der Waals surface area contributed by atoms with Gasteiger partial charge in [0.05, 0.1) is 6.26 Å². The van der Waals surface area contributed by atoms with Crippen molar-refractivity contribution in [3.8, 4) is 11.1 Å². The summed E-state index contributed by atoms with van der Waals surface area (Å²) in [6.07, 6.45) is 7.53. The minimum absolute atomic E-state index is 1.02. The van der Waals surface area contributed by atoms with E-state index in [1.165, 1.54) is 24.8 Å². The van der Waals surface area contributed by atoms with E-state index in [9.17, 15) is 0 Å². The Morgan fingerprint density at radius 3 is 2.50 bits per heavy atom. The molecule has 0 saturated heterocycles. The lowest BCUT2D eigenvalue weighted by atomic mass is 10.1. The SMILES string of the molecule is [CH2]CCCCCc1cc(-c2ccc(Br)cc2)co1. The summed E-state index contributed by atoms with van der Waals surface area (Å²) in [6, 6.07) is 10.4. The molecule has 1 aromatic heterocycles. The average Bonchev–Trinajstić information content (AvgIpc) is 2.84. The highest BCUT2D eigenvalue weighted by atomic mass is 79.9. The Labute approximate surface area is 117 Å². The predicted molar refractivity (Wildman–Crippen MR) is 79.4 cm³/mol. The molecule has 0 aliphatic rings. The first kappa shape index (κ1) is 13.4. The molecule has 1 nitrogen and oxygen atoms in total. The average molecular weight is 306 g/mol. The highest BCUT2D eigenvalue weighted by Gasteiger charge is 2.04. The molecule has 95 valence electrons. The molecule has 1 heterocycles. The normalized spacial score (nSPS) is 10.8. The molecule has 0 N–H and O–H groups in total. The van der Waals surface area contributed by atoms with Crippen LogP contribution in [0.25, 0.3) is 11.1 Å². The van der Waals surface area contributed by atoms with Gasteiger partial charge in [0.15, 0.2) is 0 Å². The number of hydrogen-bond acceptors (Lipinski definition) is 1. The Hall–Kier alpha value is -1.02. The van der Waals surface area contributed by atoms with E-state index in [1.54, 1.807) is 0 Å². The summed E-state index contributed by atoms with van der Waals surface area (Å²) in [4.78, 5) is 0. The van der Waals surface area contributed by atoms with Crippen LogP contribution in [0.2, 0.25) is 0 Å². The van der Waals surface area contributed by atoms with Crippen LogP contribution in [0.5, 0.6) is 0 Å². The number of unbranched alkanes of at least 4 members (excludes halogenated alkanes) is 3. The van der Waals surface area contributed by atoms with Crippen molar-refractivity contribution < 1.29 is 4.42 Å². The van der Waals surface area contributed by atoms with Crippen LogP contribution < -0.4 is 0 Å². The van der Waals surface area contributed by atoms with Crippen LogP contribution >= 0.6 is 15.9 Å². The molecule has 0 amide bonds. The second kappa shape index (κ2) is 6.79. The van der Waals surface area contributed by atoms with E-state index in [1.807, 2.05) is 6.26 Å². The monoisotopic (exact) mass is 305 g/mol. The molecule has 0 unspecified atom stereocenters. The van der Waals surface area contributed by atoms with Gasteiger partial charge in [-0.25, -0.2) is 0 Å². The first-order valence-electron chi connectivity index (χ1n) is 6.42. The summed E-state index contributed by atoms with van der Waals surface area (Å²) in [5.74, 6) is 1.08. The second-order valence-electron chi connectivity index (χ2n) is 4.47. The molecule has 18 heavy (non-hydrogen) atoms. The van der Waals surface area contributed by atoms with E-state index in [-0.39, 0.29) is 0 Å². The van der Waals surface area contributed by atoms with Gasteiger partial charge in [-0.05, 0) is 30.2 Å². The molecule has 2 heteroatoms. The van der Waals surface area contributed by atoms with E-state index in [0.717, 1.165) is 28.6 Å². The van der Waals surface area contributed by atoms with Gasteiger partial charge in [0, 0.05) is 16.5 Å². The standard InChI is InChI=1S/C16H18BrO/c1-2-3-4-5-6-16-11-14(12-18-16)13-7-9-15(17)10-8-13/h7-12H,1-6H2. The second-order valence-corrected chi connectivity index (χ2v) is 5.39. The van der Waals surface area contributed by atoms with Gasteiger partial charge >= 0.3 is 0 Å². The first-order valence-corrected chi connectivity index (χ1v) is 7.21. The van der Waals surface area contributed by atoms with Crippen molar-refractivity contribution in [3.63, 3.8) is 0 Å². The number of furan rings is 1. The maximum absolute atomic E-state index is 5.60. The number of hydrogen-bond donors (Lipinski definition) is 0. The Kier molecular flexibility index (Phi) is 5.06. The van der Waals surface area contributed by atoms with Gasteiger partial charge in [0.25, 0.3) is 0 Å². The fourth-order valence-electron chi connectivity index (χ4n) is 1.96. The fraction of sp³-hybridized carbons (Fsp3) is 0.312. The maximum atomic E-state index is 5.60. The molecule has 0 aliphatic heterocycles. The molecule has 0 atom stereocenters. The Balaban J connectivity index is 1.95. The highest BCUT2D eigenvalue weighted by molar-refractivity contribution is 9.10. The van der Waals surface area contributed by atoms with Crippen molar-refractivity contribution in [2.45, 2.75) is 32.1 Å². The third-order valence-corrected chi connectivity index (χ3v) is 3.53. The largest absolute Gasteiger partial charge is 0.469 e. The first-order chi connectivity index (χ1) is 8.79. The summed E-state index contributed by atoms with van der Waals surface area (Å²) in [5, 5.41) is 0. The van der Waals surface area contributed by atoms with Crippen molar-refractivity contribution in [1.29, 1.82) is 0 Å². The molecular formula is C16H18BrO. The zero-order valence-electron chi connectivity index (χ0n) is 10.5. The minimum Gasteiger partial charge on any atom is -0.469 e. The van der Waals surface area contributed by atoms with Crippen molar-refractivity contribution in [2.24, 2.45) is 0 Å². The van der Waals surface area contributed by atoms with Crippen LogP contribution in [0.4, 0.5) is 0 Å². The molecular weight excluding hydrogens is 288 g/mol. The number of aryl methyl sites for hydroxylation is 1. The Morgan fingerprint density at radius 1 is 1.00 bits per heavy atom. The highest BCUT2D eigenvalue weighted by Crippen LogP contribution is 2.24. The lowest BCUT2D eigenvalue weighted by Gasteiger charge is -1.97. The molecule has 0 bridgehead atoms. The summed E-state index contributed by atoms with van der Waals surface area (Å²) < 4.78 is 6.70. The molecule has 0 saturated carbocycles. The van der Waals surface area contributed by atoms with Gasteiger partial charge in [0.1, 0.15) is 5.76 Å². The van der Waals surface area contributed by atoms with E-state index in [2.05, 4.69) is 53.2 Å². The van der Waals surface area contributed by atoms with Gasteiger partial charge in [0.2, 0.25) is 0 Å². The van der Waals surface area contributed by atoms with Crippen LogP contribution in [-0.2, 0) is 6.42 Å². The number of halogens is 1. The number of benzene rings is 1. The summed E-state index contributed by atoms with van der Waals surface area (Å²) in [5.41, 5.74) is 2.36. The molecule has 1 radical (unpaired) electrons. The van der Waals surface area contributed by atoms with Crippen molar-refractivity contribution in [1.82, 2.24) is 0 Å². The zero-order chi connectivity index (χ0) is 12.8. The molecule has 2 rings (SSSR count). The molecule has 0 fully saturated rings. The van der Waals surface area contributed by atoms with E-state index in [0.29, 0.717) is 0 Å². The number of rotatable bonds is 6. The van der Waals surface area contributed by atoms with Gasteiger partial charge in [-0.3, -0.25) is 0 Å². The van der Waals surface area contributed by atoms with Crippen LogP contribution in [0.15, 0.2) is 45.5 Å². The zero-order valence-corrected chi connectivity index (χ0v) is 12.1. The Morgan fingerprint density at radius 2 is 1.78 bits per heavy atom. The van der Waals surface area contributed by atoms with E-state index in [4.69, 9.17) is 4.42 Å². The third kappa shape index (κ3) is 3.74. The van der Waals surface area contributed by atoms with Crippen molar-refractivity contribution in [2.75, 3.05) is 0 Å². The molecule has 0 aliphatic carbocycles. The minimum atomic E-state index is 1.02. The van der Waals surface area contributed by atoms with Crippen LogP contribution in [-0.4, -0.2) is 0 Å². The van der Waals surface area contributed by atoms with Crippen molar-refractivity contribution in [3.05, 3.63) is 53.8 Å². The third-order valence-electron chi connectivity index (χ3n) is 3.00. The molecule has 0 spiro atoms. The smallest absolute Gasteiger partial charge is 0.104 e. The maximum Gasteiger partial charge on any atom is 0.104 e. The van der Waals surface area contributed by atoms with Gasteiger partial charge in [-0.1, -0.05) is 54.2 Å². The van der Waals surface area contributed by atoms with E-state index < -0.39 is 0 Å². The summed E-state index contributed by atoms with van der Waals surface area (Å²) >= 11 is 3.44. The van der Waals surface area contributed by atoms with E-state index >= 15 is 0 Å². The topological polar surface area (TPSA) is 13.1 Å². The summed E-state index contributed by atoms with van der Waals surface area (Å²) in [7, 11) is 0. The van der Waals surface area contributed by atoms with Gasteiger partial charge in [-0.15, -0.1) is 0 Å². The van der Waals surface area contributed by atoms with Crippen LogP contribution in [0, 0.1) is 6.92 Å². The molecule has 2 aromatic rings. The lowest BCUT2D eigenvalue weighted by Crippen LogP contribution is -1.82. The van der Waals surface area contributed by atoms with Crippen molar-refractivity contribution >= 4 is 15.9 Å². The van der Waals surface area contributed by atoms with Gasteiger partial charge < -0.3 is 4.42 Å². The quantitative estimate of drug-likeness (QED) is 0.629. The summed E-state index contributed by atoms with van der Waals surface area (Å²) in [6.45, 7) is 3.85. The Bertz CT molecular complexity index is 470. The lowest BCUT2D eigenvalue weighted by molar-refractivity contribution is 0.496. The fourth-order valence-corrected chi connectivity index (χ4v) is 2.22. The van der Waals surface area contributed by atoms with Gasteiger partial charge in [-0.2, -0.15) is 0 Å².